The molecule has 0 aromatic heterocycles. The lowest BCUT2D eigenvalue weighted by atomic mass is 9.72. The van der Waals surface area contributed by atoms with Gasteiger partial charge in [-0.2, -0.15) is 0 Å². The van der Waals surface area contributed by atoms with Crippen molar-refractivity contribution in [2.45, 2.75) is 59.0 Å². The Balaban J connectivity index is 0.000000255. The van der Waals surface area contributed by atoms with E-state index in [9.17, 15) is 14.7 Å². The summed E-state index contributed by atoms with van der Waals surface area (Å²) in [5.41, 5.74) is 7.39. The van der Waals surface area contributed by atoms with E-state index in [0.29, 0.717) is 18.7 Å². The Kier molecular flexibility index (Phi) is 21.5. The first kappa shape index (κ1) is 51.3. The monoisotopic (exact) mass is 912 g/mol. The first-order valence-corrected chi connectivity index (χ1v) is 25.0. The lowest BCUT2D eigenvalue weighted by Gasteiger charge is -2.42. The summed E-state index contributed by atoms with van der Waals surface area (Å²) in [4.78, 5) is 33.8. The molecule has 6 rings (SSSR count). The van der Waals surface area contributed by atoms with Crippen molar-refractivity contribution in [2.24, 2.45) is 5.92 Å². The minimum Gasteiger partial charge on any atom is -0.380 e. The molecule has 4 aromatic carbocycles. The second-order valence-corrected chi connectivity index (χ2v) is 18.2. The molecule has 1 N–H and O–H groups in total. The second-order valence-electron chi connectivity index (χ2n) is 15.7. The Morgan fingerprint density at radius 3 is 1.43 bits per heavy atom. The molecule has 2 aliphatic rings. The van der Waals surface area contributed by atoms with Crippen LogP contribution in [-0.4, -0.2) is 106 Å². The van der Waals surface area contributed by atoms with Gasteiger partial charge in [-0.05, 0) is 124 Å². The summed E-state index contributed by atoms with van der Waals surface area (Å²) in [7, 11) is 7.36. The van der Waals surface area contributed by atoms with Crippen molar-refractivity contribution in [1.29, 1.82) is 0 Å². The fraction of sp³-hybridized carbons (Fsp3) is 0.385. The van der Waals surface area contributed by atoms with E-state index in [0.717, 1.165) is 94.7 Å². The number of nitrogens with zero attached hydrogens (tertiary/aromatic N) is 4. The number of hydrogen-bond acceptors (Lipinski definition) is 6. The maximum Gasteiger partial charge on any atom is 0.253 e. The van der Waals surface area contributed by atoms with Crippen LogP contribution < -0.4 is 0 Å². The summed E-state index contributed by atoms with van der Waals surface area (Å²) in [6.45, 7) is 24.4. The average molecular weight is 914 g/mol. The molecule has 11 heteroatoms. The zero-order valence-electron chi connectivity index (χ0n) is 37.6. The number of rotatable bonds is 15. The standard InChI is InChI=1S/C26H34N2O2.C26H32N2O.Cl2OS/c1-4-18-27-19-16-24(17-20-27)26(30,22-10-8-7-9-11-22)23-14-12-21(13-15-23)25(29)28(5-2)6-3;1-4-18-27-19-16-23(17-20-27)25(21-10-8-7-9-11-21)22-12-14-24(15-13-22)26(29)28(5-2)6-3;1-4(2)3/h4,7-15,24,30H,1,5-6,16-20H2,2-3H3;4,7-15H,1,5-6,16-20H2,2-3H3;. The van der Waals surface area contributed by atoms with Crippen molar-refractivity contribution in [2.75, 3.05) is 65.4 Å². The molecule has 2 heterocycles. The Labute approximate surface area is 388 Å². The third-order valence-corrected chi connectivity index (χ3v) is 12.1. The molecule has 2 aliphatic heterocycles. The van der Waals surface area contributed by atoms with E-state index in [-0.39, 0.29) is 17.7 Å². The predicted octanol–water partition coefficient (Wildman–Crippen LogP) is 10.6. The lowest BCUT2D eigenvalue weighted by Crippen LogP contribution is -2.44. The molecule has 338 valence electrons. The number of benzene rings is 4. The van der Waals surface area contributed by atoms with Gasteiger partial charge in [-0.3, -0.25) is 19.4 Å². The van der Waals surface area contributed by atoms with Gasteiger partial charge < -0.3 is 14.9 Å². The van der Waals surface area contributed by atoms with Crippen LogP contribution in [0.4, 0.5) is 0 Å². The van der Waals surface area contributed by atoms with E-state index in [1.807, 2.05) is 116 Å². The first-order valence-electron chi connectivity index (χ1n) is 22.2. The van der Waals surface area contributed by atoms with Crippen LogP contribution in [-0.2, 0) is 14.8 Å². The van der Waals surface area contributed by atoms with E-state index >= 15 is 0 Å². The molecule has 8 nitrogen and oxygen atoms in total. The van der Waals surface area contributed by atoms with Gasteiger partial charge in [0.25, 0.3) is 11.8 Å². The number of piperidine rings is 2. The largest absolute Gasteiger partial charge is 0.380 e. The van der Waals surface area contributed by atoms with Gasteiger partial charge in [0.05, 0.1) is 0 Å². The van der Waals surface area contributed by atoms with Crippen LogP contribution in [0.5, 0.6) is 0 Å². The smallest absolute Gasteiger partial charge is 0.253 e. The van der Waals surface area contributed by atoms with Crippen LogP contribution in [0.25, 0.3) is 5.57 Å². The first-order chi connectivity index (χ1) is 30.4. The van der Waals surface area contributed by atoms with E-state index in [2.05, 4.69) is 86.8 Å². The van der Waals surface area contributed by atoms with E-state index in [4.69, 9.17) is 4.21 Å². The molecule has 2 amide bonds. The molecule has 0 saturated carbocycles. The summed E-state index contributed by atoms with van der Waals surface area (Å²) in [6, 6.07) is 36.3. The topological polar surface area (TPSA) is 84.4 Å². The van der Waals surface area contributed by atoms with Gasteiger partial charge in [-0.1, -0.05) is 103 Å². The van der Waals surface area contributed by atoms with E-state index in [1.165, 1.54) is 22.3 Å². The number of carbonyl (C=O) groups is 2. The molecule has 1 unspecified atom stereocenters. The Bertz CT molecular complexity index is 2070. The molecule has 0 radical (unpaired) electrons. The molecule has 0 spiro atoms. The van der Waals surface area contributed by atoms with Crippen LogP contribution in [0.2, 0.25) is 0 Å². The SMILES string of the molecule is C=CCN1CCC(=C(c2ccccc2)c2ccc(C(=O)N(CC)CC)cc2)CC1.C=CCN1CCC(C(O)(c2ccccc2)c2ccc(C(=O)N(CC)CC)cc2)CC1.O=S(Cl)Cl. The molecular formula is C52H66Cl2N4O4S. The molecular weight excluding hydrogens is 848 g/mol. The normalized spacial score (nSPS) is 15.5. The van der Waals surface area contributed by atoms with Gasteiger partial charge in [0.15, 0.2) is 0 Å². The number of hydrogen-bond donors (Lipinski definition) is 1. The van der Waals surface area contributed by atoms with E-state index in [1.54, 1.807) is 0 Å². The molecule has 2 fully saturated rings. The van der Waals surface area contributed by atoms with Crippen molar-refractivity contribution < 1.29 is 18.9 Å². The number of amides is 2. The highest BCUT2D eigenvalue weighted by atomic mass is 36.0. The van der Waals surface area contributed by atoms with Crippen LogP contribution in [0, 0.1) is 5.92 Å². The van der Waals surface area contributed by atoms with Crippen molar-refractivity contribution in [1.82, 2.24) is 19.6 Å². The summed E-state index contributed by atoms with van der Waals surface area (Å²) >= 11 is 0. The third-order valence-electron chi connectivity index (χ3n) is 12.1. The summed E-state index contributed by atoms with van der Waals surface area (Å²) in [5, 5.41) is 12.1. The predicted molar refractivity (Wildman–Crippen MR) is 264 cm³/mol. The zero-order chi connectivity index (χ0) is 45.8. The fourth-order valence-electron chi connectivity index (χ4n) is 8.70. The van der Waals surface area contributed by atoms with E-state index < -0.39 is 14.8 Å². The van der Waals surface area contributed by atoms with Crippen LogP contribution in [0.3, 0.4) is 0 Å². The third kappa shape index (κ3) is 14.3. The molecule has 4 aromatic rings. The second kappa shape index (κ2) is 26.4. The van der Waals surface area contributed by atoms with Crippen molar-refractivity contribution in [3.05, 3.63) is 173 Å². The number of halogens is 2. The summed E-state index contributed by atoms with van der Waals surface area (Å²) in [5.74, 6) is 0.256. The summed E-state index contributed by atoms with van der Waals surface area (Å²) in [6.07, 6.45) is 7.89. The van der Waals surface area contributed by atoms with Gasteiger partial charge in [-0.25, -0.2) is 4.21 Å². The summed E-state index contributed by atoms with van der Waals surface area (Å²) < 4.78 is 9.09. The molecule has 0 bridgehead atoms. The lowest BCUT2D eigenvalue weighted by molar-refractivity contribution is -0.0127. The number of carbonyl (C=O) groups excluding carboxylic acids is 2. The van der Waals surface area contributed by atoms with Crippen molar-refractivity contribution >= 4 is 48.0 Å². The minimum atomic E-state index is -1.67. The van der Waals surface area contributed by atoms with Gasteiger partial charge in [0.2, 0.25) is 9.23 Å². The highest BCUT2D eigenvalue weighted by Gasteiger charge is 2.41. The maximum absolute atomic E-state index is 12.7. The Hall–Kier alpha value is -4.35. The van der Waals surface area contributed by atoms with Crippen LogP contribution in [0.1, 0.15) is 96.3 Å². The zero-order valence-corrected chi connectivity index (χ0v) is 39.9. The van der Waals surface area contributed by atoms with Gasteiger partial charge in [0.1, 0.15) is 5.60 Å². The van der Waals surface area contributed by atoms with Gasteiger partial charge in [0, 0.05) is 84.8 Å². The minimum absolute atomic E-state index is 0.0348. The molecule has 2 saturated heterocycles. The molecule has 63 heavy (non-hydrogen) atoms. The average Bonchev–Trinajstić information content (AvgIpc) is 3.31. The Morgan fingerprint density at radius 1 is 0.635 bits per heavy atom. The van der Waals surface area contributed by atoms with Crippen LogP contribution >= 0.6 is 21.4 Å². The maximum atomic E-state index is 12.7. The van der Waals surface area contributed by atoms with Crippen LogP contribution in [0.15, 0.2) is 140 Å². The van der Waals surface area contributed by atoms with Gasteiger partial charge in [-0.15, -0.1) is 13.2 Å². The highest BCUT2D eigenvalue weighted by Crippen LogP contribution is 2.42. The van der Waals surface area contributed by atoms with Crippen molar-refractivity contribution in [3.63, 3.8) is 0 Å². The quantitative estimate of drug-likeness (QED) is 0.0945. The fourth-order valence-corrected chi connectivity index (χ4v) is 8.70. The number of likely N-dealkylation sites (tertiary alicyclic amines) is 2. The Morgan fingerprint density at radius 2 is 1.00 bits per heavy atom. The van der Waals surface area contributed by atoms with Gasteiger partial charge >= 0.3 is 0 Å². The molecule has 0 aliphatic carbocycles. The molecule has 1 atom stereocenters. The van der Waals surface area contributed by atoms with Crippen molar-refractivity contribution in [3.8, 4) is 0 Å². The number of aliphatic hydroxyl groups is 1. The highest BCUT2D eigenvalue weighted by molar-refractivity contribution is 8.26.